The molecule has 1 unspecified atom stereocenters. The molecule has 0 aliphatic heterocycles. The number of rotatable bonds is 4. The van der Waals surface area contributed by atoms with Crippen molar-refractivity contribution in [1.82, 2.24) is 5.32 Å². The molecule has 6 nitrogen and oxygen atoms in total. The number of carbonyl (C=O) groups excluding carboxylic acids is 2. The Balaban J connectivity index is 2.00. The number of halogens is 2. The second kappa shape index (κ2) is 8.60. The Hall–Kier alpha value is -2.44. The van der Waals surface area contributed by atoms with Crippen molar-refractivity contribution in [2.45, 2.75) is 13.0 Å². The van der Waals surface area contributed by atoms with Crippen molar-refractivity contribution in [2.24, 2.45) is 0 Å². The summed E-state index contributed by atoms with van der Waals surface area (Å²) in [4.78, 5) is 23.4. The Kier molecular flexibility index (Phi) is 6.50. The minimum Gasteiger partial charge on any atom is -0.453 e. The van der Waals surface area contributed by atoms with Crippen molar-refractivity contribution >= 4 is 46.7 Å². The molecule has 0 fully saturated rings. The van der Waals surface area contributed by atoms with Crippen LogP contribution in [0.4, 0.5) is 21.0 Å². The summed E-state index contributed by atoms with van der Waals surface area (Å²) in [6.07, 6.45) is -0.590. The Bertz CT molecular complexity index is 783. The van der Waals surface area contributed by atoms with Crippen LogP contribution in [0, 0.1) is 0 Å². The maximum absolute atomic E-state index is 12.2. The third kappa shape index (κ3) is 5.55. The highest BCUT2D eigenvalue weighted by molar-refractivity contribution is 6.35. The number of benzene rings is 2. The molecule has 132 valence electrons. The summed E-state index contributed by atoms with van der Waals surface area (Å²) in [6, 6.07) is 11.0. The van der Waals surface area contributed by atoms with Crippen LogP contribution in [0.15, 0.2) is 42.5 Å². The van der Waals surface area contributed by atoms with Gasteiger partial charge in [-0.25, -0.2) is 9.59 Å². The van der Waals surface area contributed by atoms with Gasteiger partial charge in [0.1, 0.15) is 0 Å². The minimum absolute atomic E-state index is 0.318. The van der Waals surface area contributed by atoms with Gasteiger partial charge in [-0.15, -0.1) is 0 Å². The molecule has 8 heteroatoms. The molecule has 0 aromatic heterocycles. The van der Waals surface area contributed by atoms with Crippen LogP contribution >= 0.6 is 23.2 Å². The maximum atomic E-state index is 12.2. The van der Waals surface area contributed by atoms with Crippen molar-refractivity contribution in [3.05, 3.63) is 58.1 Å². The second-order valence-electron chi connectivity index (χ2n) is 5.18. The number of nitrogens with one attached hydrogen (secondary N) is 3. The summed E-state index contributed by atoms with van der Waals surface area (Å²) >= 11 is 12.0. The van der Waals surface area contributed by atoms with Crippen LogP contribution in [0.1, 0.15) is 18.5 Å². The van der Waals surface area contributed by atoms with Gasteiger partial charge >= 0.3 is 12.1 Å². The summed E-state index contributed by atoms with van der Waals surface area (Å²) in [5.41, 5.74) is 1.77. The minimum atomic E-state index is -0.590. The van der Waals surface area contributed by atoms with Gasteiger partial charge in [-0.3, -0.25) is 5.32 Å². The van der Waals surface area contributed by atoms with Crippen LogP contribution in [0.3, 0.4) is 0 Å². The average molecular weight is 382 g/mol. The van der Waals surface area contributed by atoms with Crippen LogP contribution in [-0.2, 0) is 4.74 Å². The Morgan fingerprint density at radius 1 is 1.04 bits per heavy atom. The fourth-order valence-electron chi connectivity index (χ4n) is 2.14. The molecular formula is C17H17Cl2N3O3. The number of urea groups is 1. The molecule has 0 bridgehead atoms. The number of carbonyl (C=O) groups is 2. The summed E-state index contributed by atoms with van der Waals surface area (Å²) < 4.78 is 4.52. The van der Waals surface area contributed by atoms with E-state index in [4.69, 9.17) is 23.2 Å². The SMILES string of the molecule is COC(=O)Nc1cccc(NC(=O)NC(C)c2ccc(Cl)cc2Cl)c1. The van der Waals surface area contributed by atoms with Gasteiger partial charge < -0.3 is 15.4 Å². The predicted molar refractivity (Wildman–Crippen MR) is 99.5 cm³/mol. The van der Waals surface area contributed by atoms with Gasteiger partial charge in [0.2, 0.25) is 0 Å². The lowest BCUT2D eigenvalue weighted by molar-refractivity contribution is 0.187. The highest BCUT2D eigenvalue weighted by Gasteiger charge is 2.13. The maximum Gasteiger partial charge on any atom is 0.411 e. The molecule has 3 amide bonds. The molecule has 2 aromatic rings. The first-order valence-electron chi connectivity index (χ1n) is 7.36. The lowest BCUT2D eigenvalue weighted by atomic mass is 10.1. The second-order valence-corrected chi connectivity index (χ2v) is 6.03. The molecule has 0 radical (unpaired) electrons. The van der Waals surface area contributed by atoms with Gasteiger partial charge in [-0.1, -0.05) is 35.3 Å². The lowest BCUT2D eigenvalue weighted by Gasteiger charge is -2.17. The Labute approximate surface area is 155 Å². The number of anilines is 2. The van der Waals surface area contributed by atoms with Gasteiger partial charge in [0.25, 0.3) is 0 Å². The molecular weight excluding hydrogens is 365 g/mol. The number of ether oxygens (including phenoxy) is 1. The van der Waals surface area contributed by atoms with E-state index < -0.39 is 12.1 Å². The number of hydrogen-bond acceptors (Lipinski definition) is 3. The topological polar surface area (TPSA) is 79.5 Å². The van der Waals surface area contributed by atoms with E-state index in [0.29, 0.717) is 21.4 Å². The average Bonchev–Trinajstić information content (AvgIpc) is 2.54. The molecule has 0 aliphatic carbocycles. The number of hydrogen-bond donors (Lipinski definition) is 3. The van der Waals surface area contributed by atoms with Gasteiger partial charge in [0, 0.05) is 21.4 Å². The fraction of sp³-hybridized carbons (Fsp3) is 0.176. The molecule has 0 heterocycles. The smallest absolute Gasteiger partial charge is 0.411 e. The predicted octanol–water partition coefficient (Wildman–Crippen LogP) is 5.05. The first-order chi connectivity index (χ1) is 11.9. The Morgan fingerprint density at radius 2 is 1.72 bits per heavy atom. The van der Waals surface area contributed by atoms with Crippen LogP contribution in [0.2, 0.25) is 10.0 Å². The van der Waals surface area contributed by atoms with Crippen LogP contribution in [-0.4, -0.2) is 19.2 Å². The van der Waals surface area contributed by atoms with E-state index >= 15 is 0 Å². The largest absolute Gasteiger partial charge is 0.453 e. The summed E-state index contributed by atoms with van der Waals surface area (Å²) in [6.45, 7) is 1.81. The zero-order valence-corrected chi connectivity index (χ0v) is 15.1. The van der Waals surface area contributed by atoms with Crippen molar-refractivity contribution in [2.75, 3.05) is 17.7 Å². The molecule has 0 spiro atoms. The zero-order valence-electron chi connectivity index (χ0n) is 13.6. The van der Waals surface area contributed by atoms with Crippen LogP contribution in [0.25, 0.3) is 0 Å². The van der Waals surface area contributed by atoms with E-state index in [2.05, 4.69) is 20.7 Å². The molecule has 0 aliphatic rings. The third-order valence-corrected chi connectivity index (χ3v) is 3.89. The van der Waals surface area contributed by atoms with E-state index in [9.17, 15) is 9.59 Å². The zero-order chi connectivity index (χ0) is 18.4. The highest BCUT2D eigenvalue weighted by Crippen LogP contribution is 2.26. The molecule has 3 N–H and O–H groups in total. The molecule has 1 atom stereocenters. The first-order valence-corrected chi connectivity index (χ1v) is 8.12. The molecule has 2 aromatic carbocycles. The van der Waals surface area contributed by atoms with Gasteiger partial charge in [0.15, 0.2) is 0 Å². The van der Waals surface area contributed by atoms with Crippen LogP contribution in [0.5, 0.6) is 0 Å². The van der Waals surface area contributed by atoms with E-state index in [1.54, 1.807) is 42.5 Å². The van der Waals surface area contributed by atoms with Gasteiger partial charge in [-0.05, 0) is 42.8 Å². The van der Waals surface area contributed by atoms with Gasteiger partial charge in [0.05, 0.1) is 13.2 Å². The lowest BCUT2D eigenvalue weighted by Crippen LogP contribution is -2.31. The van der Waals surface area contributed by atoms with E-state index in [-0.39, 0.29) is 6.04 Å². The van der Waals surface area contributed by atoms with Crippen LogP contribution < -0.4 is 16.0 Å². The summed E-state index contributed by atoms with van der Waals surface area (Å²) in [5, 5.41) is 9.01. The van der Waals surface area contributed by atoms with Crippen molar-refractivity contribution < 1.29 is 14.3 Å². The normalized spacial score (nSPS) is 11.4. The summed E-state index contributed by atoms with van der Waals surface area (Å²) in [5.74, 6) is 0. The van der Waals surface area contributed by atoms with Gasteiger partial charge in [-0.2, -0.15) is 0 Å². The Morgan fingerprint density at radius 3 is 2.36 bits per heavy atom. The molecule has 2 rings (SSSR count). The van der Waals surface area contributed by atoms with E-state index in [1.807, 2.05) is 6.92 Å². The van der Waals surface area contributed by atoms with Crippen molar-refractivity contribution in [3.8, 4) is 0 Å². The third-order valence-electron chi connectivity index (χ3n) is 3.33. The standard InChI is InChI=1S/C17H17Cl2N3O3/c1-10(14-7-6-11(18)8-15(14)19)20-16(23)21-12-4-3-5-13(9-12)22-17(24)25-2/h3-10H,1-2H3,(H,22,24)(H2,20,21,23). The highest BCUT2D eigenvalue weighted by atomic mass is 35.5. The first kappa shape index (κ1) is 18.9. The van der Waals surface area contributed by atoms with E-state index in [0.717, 1.165) is 5.56 Å². The molecule has 0 saturated heterocycles. The molecule has 0 saturated carbocycles. The monoisotopic (exact) mass is 381 g/mol. The van der Waals surface area contributed by atoms with Crippen molar-refractivity contribution in [3.63, 3.8) is 0 Å². The fourth-order valence-corrected chi connectivity index (χ4v) is 2.71. The quantitative estimate of drug-likeness (QED) is 0.692. The molecule has 25 heavy (non-hydrogen) atoms. The number of methoxy groups -OCH3 is 1. The number of amides is 3. The van der Waals surface area contributed by atoms with Crippen molar-refractivity contribution in [1.29, 1.82) is 0 Å². The van der Waals surface area contributed by atoms with E-state index in [1.165, 1.54) is 7.11 Å². The summed E-state index contributed by atoms with van der Waals surface area (Å²) in [7, 11) is 1.27.